The molecule has 0 saturated carbocycles. The summed E-state index contributed by atoms with van der Waals surface area (Å²) in [6, 6.07) is 8.51. The summed E-state index contributed by atoms with van der Waals surface area (Å²) < 4.78 is 46.3. The Hall–Kier alpha value is -4.26. The fourth-order valence-electron chi connectivity index (χ4n) is 5.69. The molecule has 2 amide bonds. The number of amides is 2. The number of hydrogen-bond acceptors (Lipinski definition) is 12. The summed E-state index contributed by atoms with van der Waals surface area (Å²) in [5.74, 6) is -1.79. The number of carbonyl (C=O) groups is 2. The first-order valence-corrected chi connectivity index (χ1v) is 14.7. The average molecular weight is 768 g/mol. The number of benzene rings is 2. The van der Waals surface area contributed by atoms with Crippen LogP contribution in [0.2, 0.25) is 0 Å². The molecule has 15 nitrogen and oxygen atoms in total. The highest BCUT2D eigenvalue weighted by atomic mass is 127. The van der Waals surface area contributed by atoms with E-state index in [0.29, 0.717) is 30.6 Å². The van der Waals surface area contributed by atoms with Crippen LogP contribution in [0.25, 0.3) is 5.69 Å². The predicted octanol–water partition coefficient (Wildman–Crippen LogP) is -0.852. The largest absolute Gasteiger partial charge is 1.00 e. The zero-order valence-corrected chi connectivity index (χ0v) is 27.4. The molecular formula is C29H32F2IN9O6. The summed E-state index contributed by atoms with van der Waals surface area (Å²) in [4.78, 5) is 30.1. The van der Waals surface area contributed by atoms with E-state index >= 15 is 4.39 Å². The van der Waals surface area contributed by atoms with Crippen molar-refractivity contribution in [2.24, 2.45) is 5.10 Å². The number of β-amino-alcohol motifs (C(OH)–C–C–N with tert-alkyl or cyclic N) is 1. The number of hydrogen-bond donors (Lipinski definition) is 1. The van der Waals surface area contributed by atoms with Crippen LogP contribution in [0.5, 0.6) is 0 Å². The number of aliphatic hydroxyl groups is 1. The molecule has 2 aromatic carbocycles. The number of anilines is 1. The summed E-state index contributed by atoms with van der Waals surface area (Å²) in [6.07, 6.45) is 4.82. The summed E-state index contributed by atoms with van der Waals surface area (Å²) in [7, 11) is 0. The second kappa shape index (κ2) is 14.7. The molecule has 18 heteroatoms. The van der Waals surface area contributed by atoms with Crippen molar-refractivity contribution in [1.29, 1.82) is 0 Å². The van der Waals surface area contributed by atoms with Gasteiger partial charge in [0.1, 0.15) is 35.3 Å². The fourth-order valence-corrected chi connectivity index (χ4v) is 5.69. The molecule has 0 aliphatic carbocycles. The summed E-state index contributed by atoms with van der Waals surface area (Å²) >= 11 is 0. The first kappa shape index (κ1) is 34.1. The first-order chi connectivity index (χ1) is 22.2. The second-order valence-electron chi connectivity index (χ2n) is 11.1. The Balaban J connectivity index is 0.00000433. The molecule has 3 aliphatic rings. The number of halogens is 3. The fraction of sp³-hybridized carbons (Fsp3) is 0.448. The van der Waals surface area contributed by atoms with Gasteiger partial charge in [0.25, 0.3) is 0 Å². The summed E-state index contributed by atoms with van der Waals surface area (Å²) in [5, 5.41) is 28.8. The van der Waals surface area contributed by atoms with Crippen LogP contribution in [0.3, 0.4) is 0 Å². The lowest BCUT2D eigenvalue weighted by Crippen LogP contribution is -3.00. The number of hydrazone groups is 1. The minimum atomic E-state index is -2.05. The van der Waals surface area contributed by atoms with E-state index < -0.39 is 35.5 Å². The van der Waals surface area contributed by atoms with Gasteiger partial charge >= 0.3 is 18.5 Å². The Morgan fingerprint density at radius 2 is 1.96 bits per heavy atom. The van der Waals surface area contributed by atoms with Gasteiger partial charge in [-0.2, -0.15) is 0 Å². The van der Waals surface area contributed by atoms with E-state index in [0.717, 1.165) is 25.0 Å². The number of urea groups is 1. The molecule has 250 valence electrons. The Morgan fingerprint density at radius 3 is 2.66 bits per heavy atom. The van der Waals surface area contributed by atoms with Gasteiger partial charge in [0.2, 0.25) is 6.73 Å². The minimum Gasteiger partial charge on any atom is -1.00 e. The number of rotatable bonds is 11. The highest BCUT2D eigenvalue weighted by Crippen LogP contribution is 2.35. The molecule has 47 heavy (non-hydrogen) atoms. The zero-order valence-electron chi connectivity index (χ0n) is 25.3. The molecule has 2 fully saturated rings. The van der Waals surface area contributed by atoms with Crippen molar-refractivity contribution >= 4 is 24.2 Å². The Morgan fingerprint density at radius 1 is 1.17 bits per heavy atom. The summed E-state index contributed by atoms with van der Waals surface area (Å²) in [5.41, 5.74) is -0.946. The van der Waals surface area contributed by atoms with Crippen molar-refractivity contribution in [3.63, 3.8) is 0 Å². The third-order valence-electron chi connectivity index (χ3n) is 8.21. The van der Waals surface area contributed by atoms with E-state index in [-0.39, 0.29) is 68.7 Å². The number of aromatic nitrogens is 4. The van der Waals surface area contributed by atoms with E-state index in [2.05, 4.69) is 27.0 Å². The van der Waals surface area contributed by atoms with Gasteiger partial charge in [0, 0.05) is 37.0 Å². The molecular weight excluding hydrogens is 735 g/mol. The van der Waals surface area contributed by atoms with Gasteiger partial charge in [-0.15, -0.1) is 5.10 Å². The molecule has 1 N–H and O–H groups in total. The van der Waals surface area contributed by atoms with Crippen molar-refractivity contribution in [1.82, 2.24) is 35.0 Å². The Kier molecular flexibility index (Phi) is 10.6. The SMILES string of the molecule is C[C@@H](N1CCN(c2ccc(-n3cnnn3)cc2)C1=O)[C@@](O)(CN1CN(COC(=O)OCC2CCCO2)[C+]=N1)c1ccc(F)cc1F.[I-]. The molecule has 6 rings (SSSR count). The maximum absolute atomic E-state index is 15.2. The molecule has 3 aromatic rings. The molecule has 0 bridgehead atoms. The molecule has 0 radical (unpaired) electrons. The normalized spacial score (nSPS) is 19.4. The van der Waals surface area contributed by atoms with Crippen LogP contribution < -0.4 is 28.9 Å². The summed E-state index contributed by atoms with van der Waals surface area (Å²) in [6.45, 7) is 2.33. The lowest BCUT2D eigenvalue weighted by atomic mass is 9.85. The van der Waals surface area contributed by atoms with Crippen molar-refractivity contribution in [2.75, 3.05) is 51.1 Å². The van der Waals surface area contributed by atoms with Crippen LogP contribution in [0.1, 0.15) is 25.3 Å². The van der Waals surface area contributed by atoms with Crippen LogP contribution in [-0.2, 0) is 19.8 Å². The van der Waals surface area contributed by atoms with Gasteiger partial charge < -0.3 is 48.2 Å². The standard InChI is InChI=1S/C29H32F2N9O6.HI/c1-20(38-10-11-39(27(38)41)22-5-7-23(8-6-22)40-16-32-34-35-40)29(43,25-9-4-21(30)13-26(25)31)15-37-18-36(17-33-37)19-46-28(42)45-14-24-3-2-12-44-24;/h4-9,13,16,20,24,43H,2-3,10-12,14-15,18-19H2,1H3;1H/q+1;/p-1/t20-,24?,29+;/m1./s1. The second-order valence-corrected chi connectivity index (χ2v) is 11.1. The van der Waals surface area contributed by atoms with Gasteiger partial charge in [-0.3, -0.25) is 4.90 Å². The van der Waals surface area contributed by atoms with E-state index in [1.807, 2.05) is 0 Å². The lowest BCUT2D eigenvalue weighted by Gasteiger charge is -2.40. The molecule has 3 aliphatic heterocycles. The van der Waals surface area contributed by atoms with Crippen LogP contribution in [0, 0.1) is 11.6 Å². The lowest BCUT2D eigenvalue weighted by molar-refractivity contribution is -0.0606. The van der Waals surface area contributed by atoms with Crippen molar-refractivity contribution < 1.29 is 61.7 Å². The van der Waals surface area contributed by atoms with E-state index in [4.69, 9.17) is 14.2 Å². The van der Waals surface area contributed by atoms with Crippen LogP contribution in [-0.4, -0.2) is 117 Å². The van der Waals surface area contributed by atoms with E-state index in [1.54, 1.807) is 36.1 Å². The quantitative estimate of drug-likeness (QED) is 0.148. The molecule has 4 heterocycles. The van der Waals surface area contributed by atoms with Crippen LogP contribution in [0.15, 0.2) is 53.9 Å². The number of carbonyl (C=O) groups excluding carboxylic acids is 2. The maximum Gasteiger partial charge on any atom is 0.547 e. The van der Waals surface area contributed by atoms with Gasteiger partial charge in [-0.05, 0) is 60.5 Å². The predicted molar refractivity (Wildman–Crippen MR) is 155 cm³/mol. The monoisotopic (exact) mass is 767 g/mol. The van der Waals surface area contributed by atoms with E-state index in [9.17, 15) is 19.1 Å². The van der Waals surface area contributed by atoms with Crippen molar-refractivity contribution in [2.45, 2.75) is 37.5 Å². The third-order valence-corrected chi connectivity index (χ3v) is 8.21. The highest BCUT2D eigenvalue weighted by molar-refractivity contribution is 5.94. The van der Waals surface area contributed by atoms with Gasteiger partial charge in [-0.1, -0.05) is 11.0 Å². The Bertz CT molecular complexity index is 1560. The molecule has 2 saturated heterocycles. The topological polar surface area (TPSA) is 151 Å². The molecule has 1 aromatic heterocycles. The van der Waals surface area contributed by atoms with E-state index in [1.165, 1.54) is 25.8 Å². The number of tetrazole rings is 1. The van der Waals surface area contributed by atoms with Gasteiger partial charge in [0.05, 0.1) is 24.4 Å². The van der Waals surface area contributed by atoms with Gasteiger partial charge in [-0.25, -0.2) is 28.1 Å². The van der Waals surface area contributed by atoms with Crippen LogP contribution in [0.4, 0.5) is 24.1 Å². The highest BCUT2D eigenvalue weighted by Gasteiger charge is 2.48. The average Bonchev–Trinajstić information content (AvgIpc) is 3.87. The maximum atomic E-state index is 15.2. The smallest absolute Gasteiger partial charge is 0.547 e. The number of ether oxygens (including phenoxy) is 3. The Labute approximate surface area is 285 Å². The first-order valence-electron chi connectivity index (χ1n) is 14.7. The number of nitrogens with zero attached hydrogens (tertiary/aromatic N) is 9. The minimum absolute atomic E-state index is 0. The zero-order chi connectivity index (χ0) is 32.3. The third kappa shape index (κ3) is 7.50. The van der Waals surface area contributed by atoms with Crippen molar-refractivity contribution in [3.05, 3.63) is 66.0 Å². The molecule has 0 spiro atoms. The molecule has 1 unspecified atom stereocenters. The van der Waals surface area contributed by atoms with Gasteiger partial charge in [0.15, 0.2) is 6.67 Å². The molecule has 3 atom stereocenters. The van der Waals surface area contributed by atoms with Crippen molar-refractivity contribution in [3.8, 4) is 5.69 Å². The van der Waals surface area contributed by atoms with Crippen LogP contribution >= 0.6 is 0 Å².